The molecule has 0 radical (unpaired) electrons. The minimum atomic E-state index is -4.25. The van der Waals surface area contributed by atoms with Gasteiger partial charge in [-0.1, -0.05) is 0 Å². The first-order valence-electron chi connectivity index (χ1n) is 5.20. The Kier molecular flexibility index (Phi) is 4.52. The molecule has 2 N–H and O–H groups in total. The maximum atomic E-state index is 13.6. The van der Waals surface area contributed by atoms with Crippen molar-refractivity contribution in [2.75, 3.05) is 6.26 Å². The Hall–Kier alpha value is -1.52. The predicted molar refractivity (Wildman–Crippen MR) is 66.9 cm³/mol. The van der Waals surface area contributed by atoms with Gasteiger partial charge >= 0.3 is 5.97 Å². The van der Waals surface area contributed by atoms with E-state index in [1.54, 1.807) is 0 Å². The molecule has 0 aliphatic rings. The van der Waals surface area contributed by atoms with Gasteiger partial charge in [0.15, 0.2) is 9.84 Å². The maximum Gasteiger partial charge on any atom is 0.321 e. The topological polar surface area (TPSA) is 118 Å². The van der Waals surface area contributed by atoms with Gasteiger partial charge in [0.2, 0.25) is 10.0 Å². The molecule has 1 aromatic rings. The number of aliphatic carboxylic acids is 1. The van der Waals surface area contributed by atoms with Crippen molar-refractivity contribution < 1.29 is 31.1 Å². The monoisotopic (exact) mass is 325 g/mol. The van der Waals surface area contributed by atoms with Crippen molar-refractivity contribution in [3.63, 3.8) is 0 Å². The van der Waals surface area contributed by atoms with E-state index in [1.165, 1.54) is 0 Å². The number of carboxylic acids is 1. The number of halogens is 1. The van der Waals surface area contributed by atoms with E-state index in [9.17, 15) is 26.0 Å². The molecule has 0 saturated carbocycles. The van der Waals surface area contributed by atoms with Crippen LogP contribution in [0.25, 0.3) is 0 Å². The highest BCUT2D eigenvalue weighted by molar-refractivity contribution is 7.90. The number of carbonyl (C=O) groups is 1. The van der Waals surface area contributed by atoms with Crippen molar-refractivity contribution in [3.05, 3.63) is 24.0 Å². The van der Waals surface area contributed by atoms with Crippen LogP contribution < -0.4 is 4.72 Å². The number of carboxylic acid groups (broad SMARTS) is 1. The molecule has 1 unspecified atom stereocenters. The lowest BCUT2D eigenvalue weighted by Crippen LogP contribution is -2.38. The van der Waals surface area contributed by atoms with Crippen LogP contribution in [-0.4, -0.2) is 40.2 Å². The lowest BCUT2D eigenvalue weighted by molar-refractivity contribution is -0.138. The van der Waals surface area contributed by atoms with Crippen LogP contribution in [0.15, 0.2) is 28.0 Å². The van der Waals surface area contributed by atoms with E-state index in [0.29, 0.717) is 6.07 Å². The number of rotatable bonds is 5. The number of nitrogens with one attached hydrogen (secondary N) is 1. The van der Waals surface area contributed by atoms with Crippen molar-refractivity contribution in [3.8, 4) is 0 Å². The van der Waals surface area contributed by atoms with Gasteiger partial charge in [0.05, 0.1) is 4.90 Å². The molecule has 1 rings (SSSR count). The summed E-state index contributed by atoms with van der Waals surface area (Å²) in [6.45, 7) is 1.10. The summed E-state index contributed by atoms with van der Waals surface area (Å²) >= 11 is 0. The summed E-state index contributed by atoms with van der Waals surface area (Å²) in [4.78, 5) is 9.38. The van der Waals surface area contributed by atoms with Crippen LogP contribution in [0.5, 0.6) is 0 Å². The van der Waals surface area contributed by atoms with Gasteiger partial charge in [-0.05, 0) is 25.1 Å². The number of hydrogen-bond donors (Lipinski definition) is 2. The molecule has 0 heterocycles. The molecule has 7 nitrogen and oxygen atoms in total. The van der Waals surface area contributed by atoms with Crippen LogP contribution in [0, 0.1) is 5.82 Å². The molecule has 1 atom stereocenters. The second-order valence-electron chi connectivity index (χ2n) is 4.05. The Morgan fingerprint density at radius 3 is 2.25 bits per heavy atom. The van der Waals surface area contributed by atoms with E-state index in [-0.39, 0.29) is 0 Å². The highest BCUT2D eigenvalue weighted by Crippen LogP contribution is 2.19. The summed E-state index contributed by atoms with van der Waals surface area (Å²) < 4.78 is 61.3. The Morgan fingerprint density at radius 1 is 1.30 bits per heavy atom. The van der Waals surface area contributed by atoms with Gasteiger partial charge in [-0.25, -0.2) is 21.2 Å². The van der Waals surface area contributed by atoms with Gasteiger partial charge in [-0.2, -0.15) is 4.72 Å². The number of sulfonamides is 1. The van der Waals surface area contributed by atoms with E-state index in [1.807, 2.05) is 4.72 Å². The van der Waals surface area contributed by atoms with Gasteiger partial charge in [-0.3, -0.25) is 4.79 Å². The first-order chi connectivity index (χ1) is 8.95. The van der Waals surface area contributed by atoms with E-state index < -0.39 is 47.5 Å². The third kappa shape index (κ3) is 3.74. The fraction of sp³-hybridized carbons (Fsp3) is 0.300. The molecule has 0 bridgehead atoms. The van der Waals surface area contributed by atoms with Gasteiger partial charge in [0.1, 0.15) is 16.8 Å². The summed E-state index contributed by atoms with van der Waals surface area (Å²) in [5, 5.41) is 8.62. The summed E-state index contributed by atoms with van der Waals surface area (Å²) in [5.74, 6) is -2.62. The van der Waals surface area contributed by atoms with E-state index in [2.05, 4.69) is 0 Å². The average molecular weight is 325 g/mol. The van der Waals surface area contributed by atoms with Gasteiger partial charge < -0.3 is 5.11 Å². The zero-order valence-electron chi connectivity index (χ0n) is 10.5. The Bertz CT molecular complexity index is 741. The molecule has 0 aliphatic carbocycles. The largest absolute Gasteiger partial charge is 0.480 e. The van der Waals surface area contributed by atoms with Crippen LogP contribution >= 0.6 is 0 Å². The van der Waals surface area contributed by atoms with E-state index in [4.69, 9.17) is 5.11 Å². The predicted octanol–water partition coefficient (Wildman–Crippen LogP) is -0.0194. The number of benzene rings is 1. The smallest absolute Gasteiger partial charge is 0.321 e. The van der Waals surface area contributed by atoms with Crippen LogP contribution in [-0.2, 0) is 24.7 Å². The van der Waals surface area contributed by atoms with Gasteiger partial charge in [-0.15, -0.1) is 0 Å². The molecule has 20 heavy (non-hydrogen) atoms. The Labute approximate surface area is 115 Å². The van der Waals surface area contributed by atoms with Crippen LogP contribution in [0.2, 0.25) is 0 Å². The molecule has 0 aliphatic heterocycles. The molecule has 10 heteroatoms. The van der Waals surface area contributed by atoms with Gasteiger partial charge in [0, 0.05) is 6.26 Å². The summed E-state index contributed by atoms with van der Waals surface area (Å²) in [7, 11) is -8.07. The van der Waals surface area contributed by atoms with Crippen LogP contribution in [0.1, 0.15) is 6.92 Å². The molecule has 1 aromatic carbocycles. The lowest BCUT2D eigenvalue weighted by atomic mass is 10.3. The lowest BCUT2D eigenvalue weighted by Gasteiger charge is -2.11. The average Bonchev–Trinajstić information content (AvgIpc) is 2.26. The summed E-state index contributed by atoms with van der Waals surface area (Å²) in [6.07, 6.45) is 0.782. The van der Waals surface area contributed by atoms with Gasteiger partial charge in [0.25, 0.3) is 0 Å². The molecule has 0 spiro atoms. The first-order valence-corrected chi connectivity index (χ1v) is 8.57. The normalized spacial score (nSPS) is 13.9. The first kappa shape index (κ1) is 16.5. The molecular formula is C10H12FNO6S2. The second kappa shape index (κ2) is 5.46. The molecule has 0 amide bonds. The van der Waals surface area contributed by atoms with Crippen molar-refractivity contribution >= 4 is 25.8 Å². The van der Waals surface area contributed by atoms with E-state index >= 15 is 0 Å². The molecule has 0 aromatic heterocycles. The third-order valence-corrected chi connectivity index (χ3v) is 4.98. The van der Waals surface area contributed by atoms with Crippen molar-refractivity contribution in [1.29, 1.82) is 0 Å². The third-order valence-electron chi connectivity index (χ3n) is 2.32. The second-order valence-corrected chi connectivity index (χ2v) is 7.74. The van der Waals surface area contributed by atoms with Crippen LogP contribution in [0.4, 0.5) is 4.39 Å². The highest BCUT2D eigenvalue weighted by Gasteiger charge is 2.23. The molecular weight excluding hydrogens is 313 g/mol. The SMILES string of the molecule is CC(NS(=O)(=O)c1ccc(S(C)(=O)=O)c(F)c1)C(=O)O. The summed E-state index contributed by atoms with van der Waals surface area (Å²) in [5.41, 5.74) is 0. The quantitative estimate of drug-likeness (QED) is 0.785. The zero-order chi connectivity index (χ0) is 15.7. The van der Waals surface area contributed by atoms with Crippen molar-refractivity contribution in [2.45, 2.75) is 22.8 Å². The van der Waals surface area contributed by atoms with Crippen molar-refractivity contribution in [2.24, 2.45) is 0 Å². The standard InChI is InChI=1S/C10H12FNO6S2/c1-6(10(13)14)12-20(17,18)7-3-4-9(8(11)5-7)19(2,15)16/h3-6,12H,1-2H3,(H,13,14). The Balaban J connectivity index is 3.23. The minimum absolute atomic E-state index is 0.521. The fourth-order valence-corrected chi connectivity index (χ4v) is 3.24. The van der Waals surface area contributed by atoms with Crippen LogP contribution in [0.3, 0.4) is 0 Å². The zero-order valence-corrected chi connectivity index (χ0v) is 12.1. The van der Waals surface area contributed by atoms with E-state index in [0.717, 1.165) is 25.3 Å². The minimum Gasteiger partial charge on any atom is -0.480 e. The Morgan fingerprint density at radius 2 is 1.85 bits per heavy atom. The molecule has 0 fully saturated rings. The molecule has 112 valence electrons. The fourth-order valence-electron chi connectivity index (χ4n) is 1.30. The summed E-state index contributed by atoms with van der Waals surface area (Å²) in [6, 6.07) is 0.812. The van der Waals surface area contributed by atoms with Crippen molar-refractivity contribution in [1.82, 2.24) is 4.72 Å². The maximum absolute atomic E-state index is 13.6. The number of sulfone groups is 1. The number of hydrogen-bond acceptors (Lipinski definition) is 5. The highest BCUT2D eigenvalue weighted by atomic mass is 32.2. The molecule has 0 saturated heterocycles.